The van der Waals surface area contributed by atoms with Crippen molar-refractivity contribution in [1.29, 1.82) is 0 Å². The predicted octanol–water partition coefficient (Wildman–Crippen LogP) is 0.478. The molecule has 0 atom stereocenters. The zero-order valence-corrected chi connectivity index (χ0v) is 10.7. The van der Waals surface area contributed by atoms with Crippen LogP contribution < -0.4 is 0 Å². The van der Waals surface area contributed by atoms with Crippen molar-refractivity contribution in [3.05, 3.63) is 0 Å². The fourth-order valence-electron chi connectivity index (χ4n) is 1.42. The lowest BCUT2D eigenvalue weighted by molar-refractivity contribution is -0.165. The van der Waals surface area contributed by atoms with E-state index in [2.05, 4.69) is 4.74 Å². The summed E-state index contributed by atoms with van der Waals surface area (Å²) >= 11 is 0. The van der Waals surface area contributed by atoms with Gasteiger partial charge in [-0.1, -0.05) is 6.92 Å². The molecule has 6 nitrogen and oxygen atoms in total. The Balaban J connectivity index is 2.12. The topological polar surface area (TPSA) is 78.9 Å². The highest BCUT2D eigenvalue weighted by atomic mass is 16.5. The number of ether oxygens (including phenoxy) is 3. The molecule has 0 N–H and O–H groups in total. The first kappa shape index (κ1) is 14.6. The first-order valence-electron chi connectivity index (χ1n) is 5.77. The highest BCUT2D eigenvalue weighted by Crippen LogP contribution is 2.26. The second-order valence-electron chi connectivity index (χ2n) is 4.76. The first-order chi connectivity index (χ1) is 8.45. The maximum Gasteiger partial charge on any atom is 0.313 e. The highest BCUT2D eigenvalue weighted by Gasteiger charge is 2.34. The van der Waals surface area contributed by atoms with E-state index in [-0.39, 0.29) is 30.5 Å². The van der Waals surface area contributed by atoms with Crippen LogP contribution in [0, 0.1) is 5.41 Å². The molecular formula is C12H18O6. The van der Waals surface area contributed by atoms with Crippen LogP contribution in [-0.2, 0) is 28.6 Å². The second-order valence-corrected chi connectivity index (χ2v) is 4.76. The maximum absolute atomic E-state index is 11.4. The van der Waals surface area contributed by atoms with Gasteiger partial charge in [-0.3, -0.25) is 14.4 Å². The van der Waals surface area contributed by atoms with Gasteiger partial charge in [-0.25, -0.2) is 0 Å². The lowest BCUT2D eigenvalue weighted by Crippen LogP contribution is -2.44. The Morgan fingerprint density at radius 3 is 2.33 bits per heavy atom. The van der Waals surface area contributed by atoms with Crippen LogP contribution in [0.5, 0.6) is 0 Å². The zero-order chi connectivity index (χ0) is 13.6. The van der Waals surface area contributed by atoms with Crippen molar-refractivity contribution < 1.29 is 28.6 Å². The number of carbonyl (C=O) groups is 3. The van der Waals surface area contributed by atoms with E-state index in [1.165, 1.54) is 7.11 Å². The number of methoxy groups -OCH3 is 1. The first-order valence-corrected chi connectivity index (χ1v) is 5.77. The molecule has 1 aliphatic rings. The summed E-state index contributed by atoms with van der Waals surface area (Å²) < 4.78 is 14.4. The lowest BCUT2D eigenvalue weighted by atomic mass is 9.90. The summed E-state index contributed by atoms with van der Waals surface area (Å²) in [6, 6.07) is 0. The Bertz CT molecular complexity index is 331. The molecule has 102 valence electrons. The molecule has 0 amide bonds. The molecular weight excluding hydrogens is 240 g/mol. The van der Waals surface area contributed by atoms with Gasteiger partial charge in [0, 0.05) is 11.8 Å². The molecule has 0 spiro atoms. The average Bonchev–Trinajstić information content (AvgIpc) is 2.31. The van der Waals surface area contributed by atoms with Crippen LogP contribution in [0.2, 0.25) is 0 Å². The summed E-state index contributed by atoms with van der Waals surface area (Å²) in [6.45, 7) is 3.44. The van der Waals surface area contributed by atoms with Gasteiger partial charge in [0.1, 0.15) is 18.8 Å². The number of hydrogen-bond donors (Lipinski definition) is 0. The maximum atomic E-state index is 11.4. The van der Waals surface area contributed by atoms with Crippen LogP contribution in [0.25, 0.3) is 0 Å². The van der Waals surface area contributed by atoms with E-state index in [9.17, 15) is 14.4 Å². The Kier molecular flexibility index (Phi) is 5.27. The number of carbonyl (C=O) groups excluding carboxylic acids is 3. The van der Waals surface area contributed by atoms with Crippen molar-refractivity contribution >= 4 is 17.7 Å². The average molecular weight is 258 g/mol. The third-order valence-corrected chi connectivity index (χ3v) is 2.66. The lowest BCUT2D eigenvalue weighted by Gasteiger charge is -2.37. The zero-order valence-electron chi connectivity index (χ0n) is 10.7. The third-order valence-electron chi connectivity index (χ3n) is 2.66. The third kappa shape index (κ3) is 4.83. The van der Waals surface area contributed by atoms with Crippen LogP contribution in [0.3, 0.4) is 0 Å². The van der Waals surface area contributed by atoms with Gasteiger partial charge >= 0.3 is 11.9 Å². The molecule has 0 radical (unpaired) electrons. The molecule has 6 heteroatoms. The van der Waals surface area contributed by atoms with E-state index in [1.54, 1.807) is 0 Å². The monoisotopic (exact) mass is 258 g/mol. The van der Waals surface area contributed by atoms with Gasteiger partial charge in [0.05, 0.1) is 26.7 Å². The summed E-state index contributed by atoms with van der Waals surface area (Å²) in [5.74, 6) is -1.34. The van der Waals surface area contributed by atoms with Gasteiger partial charge < -0.3 is 14.2 Å². The Labute approximate surface area is 106 Å². The van der Waals surface area contributed by atoms with E-state index >= 15 is 0 Å². The van der Waals surface area contributed by atoms with Gasteiger partial charge in [-0.05, 0) is 0 Å². The minimum atomic E-state index is -0.590. The van der Waals surface area contributed by atoms with E-state index in [4.69, 9.17) is 9.47 Å². The summed E-state index contributed by atoms with van der Waals surface area (Å²) in [4.78, 5) is 33.4. The number of rotatable bonds is 7. The van der Waals surface area contributed by atoms with Crippen molar-refractivity contribution in [2.75, 3.05) is 26.9 Å². The standard InChI is InChI=1S/C12H18O6/c1-12(6-17-7-12)8-18-10(14)4-3-9(13)5-11(15)16-2/h3-8H2,1-2H3. The van der Waals surface area contributed by atoms with Crippen LogP contribution >= 0.6 is 0 Å². The largest absolute Gasteiger partial charge is 0.469 e. The predicted molar refractivity (Wildman–Crippen MR) is 60.8 cm³/mol. The molecule has 0 aromatic heterocycles. The molecule has 1 rings (SSSR count). The Morgan fingerprint density at radius 1 is 1.17 bits per heavy atom. The van der Waals surface area contributed by atoms with Gasteiger partial charge in [0.15, 0.2) is 0 Å². The minimum Gasteiger partial charge on any atom is -0.469 e. The summed E-state index contributed by atoms with van der Waals surface area (Å²) in [5, 5.41) is 0. The molecule has 1 aliphatic heterocycles. The molecule has 1 fully saturated rings. The number of hydrogen-bond acceptors (Lipinski definition) is 6. The summed E-state index contributed by atoms with van der Waals surface area (Å²) in [6.07, 6.45) is -0.302. The minimum absolute atomic E-state index is 0.00114. The van der Waals surface area contributed by atoms with Crippen LogP contribution in [0.15, 0.2) is 0 Å². The van der Waals surface area contributed by atoms with E-state index in [1.807, 2.05) is 6.92 Å². The van der Waals surface area contributed by atoms with Crippen molar-refractivity contribution in [2.24, 2.45) is 5.41 Å². The quantitative estimate of drug-likeness (QED) is 0.488. The van der Waals surface area contributed by atoms with Crippen molar-refractivity contribution in [1.82, 2.24) is 0 Å². The molecule has 18 heavy (non-hydrogen) atoms. The number of Topliss-reactive ketones (excluding diaryl/α,β-unsaturated/α-hetero) is 1. The fraction of sp³-hybridized carbons (Fsp3) is 0.750. The normalized spacial score (nSPS) is 16.6. The van der Waals surface area contributed by atoms with E-state index in [0.29, 0.717) is 19.8 Å². The molecule has 0 aliphatic carbocycles. The summed E-state index contributed by atoms with van der Waals surface area (Å²) in [5.41, 5.74) is -0.0916. The Hall–Kier alpha value is -1.43. The van der Waals surface area contributed by atoms with Crippen LogP contribution in [0.1, 0.15) is 26.2 Å². The van der Waals surface area contributed by atoms with Crippen molar-refractivity contribution in [2.45, 2.75) is 26.2 Å². The molecule has 1 saturated heterocycles. The van der Waals surface area contributed by atoms with Crippen molar-refractivity contribution in [3.63, 3.8) is 0 Å². The fourth-order valence-corrected chi connectivity index (χ4v) is 1.42. The smallest absolute Gasteiger partial charge is 0.313 e. The second kappa shape index (κ2) is 6.49. The molecule has 0 aromatic rings. The van der Waals surface area contributed by atoms with Crippen LogP contribution in [-0.4, -0.2) is 44.7 Å². The molecule has 0 bridgehead atoms. The van der Waals surface area contributed by atoms with Gasteiger partial charge in [-0.15, -0.1) is 0 Å². The SMILES string of the molecule is COC(=O)CC(=O)CCC(=O)OCC1(C)COC1. The number of ketones is 1. The molecule has 1 heterocycles. The van der Waals surface area contributed by atoms with E-state index in [0.717, 1.165) is 0 Å². The highest BCUT2D eigenvalue weighted by molar-refractivity contribution is 5.96. The molecule has 0 unspecified atom stereocenters. The summed E-state index contributed by atoms with van der Waals surface area (Å²) in [7, 11) is 1.21. The molecule has 0 saturated carbocycles. The number of esters is 2. The van der Waals surface area contributed by atoms with Gasteiger partial charge in [0.2, 0.25) is 0 Å². The molecule has 0 aromatic carbocycles. The van der Waals surface area contributed by atoms with E-state index < -0.39 is 11.9 Å². The van der Waals surface area contributed by atoms with Crippen molar-refractivity contribution in [3.8, 4) is 0 Å². The Morgan fingerprint density at radius 2 is 1.83 bits per heavy atom. The van der Waals surface area contributed by atoms with Gasteiger partial charge in [0.25, 0.3) is 0 Å². The van der Waals surface area contributed by atoms with Crippen LogP contribution in [0.4, 0.5) is 0 Å². The van der Waals surface area contributed by atoms with Gasteiger partial charge in [-0.2, -0.15) is 0 Å².